The minimum absolute atomic E-state index is 0.468. The van der Waals surface area contributed by atoms with E-state index in [4.69, 9.17) is 4.74 Å². The third-order valence-corrected chi connectivity index (χ3v) is 3.38. The summed E-state index contributed by atoms with van der Waals surface area (Å²) in [5, 5.41) is 9.84. The van der Waals surface area contributed by atoms with E-state index in [2.05, 4.69) is 17.0 Å². The van der Waals surface area contributed by atoms with Crippen molar-refractivity contribution >= 4 is 5.69 Å². The summed E-state index contributed by atoms with van der Waals surface area (Å²) in [7, 11) is 3.70. The summed E-state index contributed by atoms with van der Waals surface area (Å²) in [5.41, 5.74) is 3.20. The average Bonchev–Trinajstić information content (AvgIpc) is 2.48. The van der Waals surface area contributed by atoms with Gasteiger partial charge in [-0.05, 0) is 30.7 Å². The van der Waals surface area contributed by atoms with Crippen molar-refractivity contribution in [2.24, 2.45) is 0 Å². The molecule has 0 aliphatic heterocycles. The van der Waals surface area contributed by atoms with E-state index in [0.29, 0.717) is 0 Å². The van der Waals surface area contributed by atoms with Crippen LogP contribution in [0.1, 0.15) is 24.2 Å². The fraction of sp³-hybridized carbons (Fsp3) is 0.294. The monoisotopic (exact) mass is 271 g/mol. The summed E-state index contributed by atoms with van der Waals surface area (Å²) in [6.07, 6.45) is -0.468. The van der Waals surface area contributed by atoms with E-state index in [1.165, 1.54) is 5.56 Å². The Hall–Kier alpha value is -2.00. The van der Waals surface area contributed by atoms with Gasteiger partial charge in [-0.25, -0.2) is 0 Å². The van der Waals surface area contributed by atoms with Gasteiger partial charge in [0.05, 0.1) is 13.2 Å². The Morgan fingerprint density at radius 2 is 1.75 bits per heavy atom. The van der Waals surface area contributed by atoms with E-state index in [1.54, 1.807) is 14.0 Å². The van der Waals surface area contributed by atoms with Gasteiger partial charge in [-0.1, -0.05) is 30.3 Å². The molecule has 0 aliphatic carbocycles. The molecule has 0 amide bonds. The number of anilines is 1. The van der Waals surface area contributed by atoms with Crippen LogP contribution >= 0.6 is 0 Å². The molecule has 0 fully saturated rings. The first-order valence-corrected chi connectivity index (χ1v) is 6.73. The van der Waals surface area contributed by atoms with E-state index < -0.39 is 6.10 Å². The van der Waals surface area contributed by atoms with E-state index >= 15 is 0 Å². The lowest BCUT2D eigenvalue weighted by atomic mass is 10.1. The number of benzene rings is 2. The van der Waals surface area contributed by atoms with Crippen molar-refractivity contribution < 1.29 is 9.84 Å². The first kappa shape index (κ1) is 14.4. The quantitative estimate of drug-likeness (QED) is 0.905. The molecule has 0 saturated carbocycles. The molecular formula is C17H21NO2. The summed E-state index contributed by atoms with van der Waals surface area (Å²) in [6, 6.07) is 16.0. The molecule has 1 atom stereocenters. The summed E-state index contributed by atoms with van der Waals surface area (Å²) < 4.78 is 5.16. The lowest BCUT2D eigenvalue weighted by Gasteiger charge is -2.23. The van der Waals surface area contributed by atoms with Crippen LogP contribution in [0.25, 0.3) is 0 Å². The number of rotatable bonds is 5. The Labute approximate surface area is 120 Å². The van der Waals surface area contributed by atoms with Crippen LogP contribution in [-0.4, -0.2) is 19.3 Å². The highest BCUT2D eigenvalue weighted by Gasteiger charge is 2.11. The zero-order chi connectivity index (χ0) is 14.5. The van der Waals surface area contributed by atoms with Crippen molar-refractivity contribution in [1.82, 2.24) is 0 Å². The molecule has 0 saturated heterocycles. The molecule has 2 aromatic rings. The number of hydrogen-bond acceptors (Lipinski definition) is 3. The molecule has 0 bridgehead atoms. The summed E-state index contributed by atoms with van der Waals surface area (Å²) in [4.78, 5) is 2.14. The maximum Gasteiger partial charge on any atom is 0.118 e. The Morgan fingerprint density at radius 1 is 1.10 bits per heavy atom. The average molecular weight is 271 g/mol. The van der Waals surface area contributed by atoms with Crippen LogP contribution in [0, 0.1) is 0 Å². The molecule has 0 aliphatic rings. The van der Waals surface area contributed by atoms with Gasteiger partial charge in [-0.15, -0.1) is 0 Å². The molecule has 106 valence electrons. The van der Waals surface area contributed by atoms with Crippen LogP contribution in [0.15, 0.2) is 48.5 Å². The highest BCUT2D eigenvalue weighted by Crippen LogP contribution is 2.26. The maximum atomic E-state index is 9.84. The van der Waals surface area contributed by atoms with Gasteiger partial charge in [0.2, 0.25) is 0 Å². The highest BCUT2D eigenvalue weighted by molar-refractivity contribution is 5.54. The molecule has 0 heterocycles. The molecule has 3 nitrogen and oxygen atoms in total. The molecule has 0 aromatic heterocycles. The van der Waals surface area contributed by atoms with Gasteiger partial charge in [-0.2, -0.15) is 0 Å². The van der Waals surface area contributed by atoms with Gasteiger partial charge in [0.1, 0.15) is 5.75 Å². The number of ether oxygens (including phenoxy) is 1. The lowest BCUT2D eigenvalue weighted by Crippen LogP contribution is -2.18. The van der Waals surface area contributed by atoms with Crippen LogP contribution < -0.4 is 9.64 Å². The molecule has 1 unspecified atom stereocenters. The van der Waals surface area contributed by atoms with Crippen LogP contribution in [0.4, 0.5) is 5.69 Å². The van der Waals surface area contributed by atoms with Crippen LogP contribution in [0.2, 0.25) is 0 Å². The first-order chi connectivity index (χ1) is 9.61. The second-order valence-electron chi connectivity index (χ2n) is 4.94. The predicted molar refractivity (Wildman–Crippen MR) is 82.2 cm³/mol. The van der Waals surface area contributed by atoms with E-state index in [-0.39, 0.29) is 0 Å². The normalized spacial score (nSPS) is 12.0. The van der Waals surface area contributed by atoms with Gasteiger partial charge < -0.3 is 14.7 Å². The zero-order valence-electron chi connectivity index (χ0n) is 12.2. The number of para-hydroxylation sites is 1. The maximum absolute atomic E-state index is 9.84. The molecular weight excluding hydrogens is 250 g/mol. The van der Waals surface area contributed by atoms with Crippen molar-refractivity contribution in [2.45, 2.75) is 19.6 Å². The summed E-state index contributed by atoms with van der Waals surface area (Å²) >= 11 is 0. The van der Waals surface area contributed by atoms with Crippen molar-refractivity contribution in [2.75, 3.05) is 19.1 Å². The van der Waals surface area contributed by atoms with Crippen molar-refractivity contribution in [3.05, 3.63) is 59.7 Å². The third-order valence-electron chi connectivity index (χ3n) is 3.38. The summed E-state index contributed by atoms with van der Waals surface area (Å²) in [5.74, 6) is 0.862. The topological polar surface area (TPSA) is 32.7 Å². The largest absolute Gasteiger partial charge is 0.497 e. The van der Waals surface area contributed by atoms with Gasteiger partial charge in [0.15, 0.2) is 0 Å². The molecule has 0 spiro atoms. The SMILES string of the molecule is COc1ccc(CN(C)c2ccccc2C(C)O)cc1. The van der Waals surface area contributed by atoms with Gasteiger partial charge in [0, 0.05) is 24.8 Å². The van der Waals surface area contributed by atoms with Crippen LogP contribution in [0.3, 0.4) is 0 Å². The van der Waals surface area contributed by atoms with Crippen molar-refractivity contribution in [3.8, 4) is 5.75 Å². The highest BCUT2D eigenvalue weighted by atomic mass is 16.5. The van der Waals surface area contributed by atoms with Gasteiger partial charge >= 0.3 is 0 Å². The lowest BCUT2D eigenvalue weighted by molar-refractivity contribution is 0.199. The first-order valence-electron chi connectivity index (χ1n) is 6.73. The number of aliphatic hydroxyl groups excluding tert-OH is 1. The molecule has 3 heteroatoms. The smallest absolute Gasteiger partial charge is 0.118 e. The van der Waals surface area contributed by atoms with E-state index in [1.807, 2.05) is 43.4 Å². The molecule has 2 aromatic carbocycles. The minimum Gasteiger partial charge on any atom is -0.497 e. The van der Waals surface area contributed by atoms with E-state index in [9.17, 15) is 5.11 Å². The van der Waals surface area contributed by atoms with Crippen LogP contribution in [-0.2, 0) is 6.54 Å². The Morgan fingerprint density at radius 3 is 2.35 bits per heavy atom. The Balaban J connectivity index is 2.17. The second-order valence-corrected chi connectivity index (χ2v) is 4.94. The molecule has 0 radical (unpaired) electrons. The van der Waals surface area contributed by atoms with Gasteiger partial charge in [0.25, 0.3) is 0 Å². The van der Waals surface area contributed by atoms with Gasteiger partial charge in [-0.3, -0.25) is 0 Å². The minimum atomic E-state index is -0.468. The molecule has 2 rings (SSSR count). The Kier molecular flexibility index (Phi) is 4.64. The fourth-order valence-electron chi connectivity index (χ4n) is 2.28. The van der Waals surface area contributed by atoms with Crippen LogP contribution in [0.5, 0.6) is 5.75 Å². The molecule has 1 N–H and O–H groups in total. The number of hydrogen-bond donors (Lipinski definition) is 1. The van der Waals surface area contributed by atoms with Crippen molar-refractivity contribution in [3.63, 3.8) is 0 Å². The second kappa shape index (κ2) is 6.44. The number of methoxy groups -OCH3 is 1. The van der Waals surface area contributed by atoms with Crippen molar-refractivity contribution in [1.29, 1.82) is 0 Å². The predicted octanol–water partition coefficient (Wildman–Crippen LogP) is 3.38. The zero-order valence-corrected chi connectivity index (χ0v) is 12.2. The number of aliphatic hydroxyl groups is 1. The standard InChI is InChI=1S/C17H21NO2/c1-13(19)16-6-4-5-7-17(16)18(2)12-14-8-10-15(20-3)11-9-14/h4-11,13,19H,12H2,1-3H3. The summed E-state index contributed by atoms with van der Waals surface area (Å²) in [6.45, 7) is 2.58. The van der Waals surface area contributed by atoms with E-state index in [0.717, 1.165) is 23.5 Å². The third kappa shape index (κ3) is 3.31. The molecule has 20 heavy (non-hydrogen) atoms. The number of nitrogens with zero attached hydrogens (tertiary/aromatic N) is 1. The Bertz CT molecular complexity index is 549. The fourth-order valence-corrected chi connectivity index (χ4v) is 2.28.